The minimum Gasteiger partial charge on any atom is -0.497 e. The Balaban J connectivity index is 1.63. The van der Waals surface area contributed by atoms with E-state index in [0.717, 1.165) is 17.3 Å². The lowest BCUT2D eigenvalue weighted by atomic mass is 10.1. The van der Waals surface area contributed by atoms with Gasteiger partial charge in [0.25, 0.3) is 5.91 Å². The summed E-state index contributed by atoms with van der Waals surface area (Å²) in [6.45, 7) is 0. The van der Waals surface area contributed by atoms with E-state index in [1.807, 2.05) is 30.3 Å². The highest BCUT2D eigenvalue weighted by molar-refractivity contribution is 8.14. The molecule has 0 atom stereocenters. The molecule has 1 amide bonds. The van der Waals surface area contributed by atoms with Crippen molar-refractivity contribution in [2.75, 3.05) is 24.9 Å². The third-order valence-corrected chi connectivity index (χ3v) is 6.00. The van der Waals surface area contributed by atoms with Gasteiger partial charge in [-0.25, -0.2) is 9.38 Å². The van der Waals surface area contributed by atoms with Gasteiger partial charge in [-0.05, 0) is 54.1 Å². The smallest absolute Gasteiger partial charge is 0.283 e. The number of halogens is 1. The number of carbonyl (C=O) groups is 2. The van der Waals surface area contributed by atoms with Crippen LogP contribution in [-0.4, -0.2) is 36.8 Å². The Hall–Kier alpha value is -3.91. The van der Waals surface area contributed by atoms with Gasteiger partial charge >= 0.3 is 0 Å². The van der Waals surface area contributed by atoms with E-state index >= 15 is 0 Å². The first-order valence-electron chi connectivity index (χ1n) is 10.3. The highest BCUT2D eigenvalue weighted by Crippen LogP contribution is 2.31. The highest BCUT2D eigenvalue weighted by Gasteiger charge is 2.32. The van der Waals surface area contributed by atoms with Gasteiger partial charge in [-0.2, -0.15) is 0 Å². The van der Waals surface area contributed by atoms with Crippen molar-refractivity contribution in [3.63, 3.8) is 0 Å². The van der Waals surface area contributed by atoms with Gasteiger partial charge in [-0.3, -0.25) is 14.5 Å². The molecule has 4 rings (SSSR count). The van der Waals surface area contributed by atoms with E-state index in [1.54, 1.807) is 24.3 Å². The van der Waals surface area contributed by atoms with Crippen molar-refractivity contribution in [2.24, 2.45) is 4.99 Å². The molecular formula is C26H21FN2O4S. The molecule has 1 aliphatic heterocycles. The summed E-state index contributed by atoms with van der Waals surface area (Å²) in [6, 6.07) is 19.9. The SMILES string of the molecule is COc1ccc(OC)c(C(=O)CSC2=N/C(=C\c3ccccc3)C(=O)N2c2ccc(F)cc2)c1. The first-order chi connectivity index (χ1) is 16.5. The second-order valence-electron chi connectivity index (χ2n) is 7.23. The fraction of sp³-hybridized carbons (Fsp3) is 0.115. The Morgan fingerprint density at radius 3 is 2.44 bits per heavy atom. The van der Waals surface area contributed by atoms with Crippen molar-refractivity contribution < 1.29 is 23.5 Å². The molecule has 34 heavy (non-hydrogen) atoms. The molecule has 172 valence electrons. The Morgan fingerprint density at radius 1 is 1.03 bits per heavy atom. The quantitative estimate of drug-likeness (QED) is 0.346. The van der Waals surface area contributed by atoms with Gasteiger partial charge in [0.15, 0.2) is 11.0 Å². The predicted octanol–water partition coefficient (Wildman–Crippen LogP) is 5.20. The number of anilines is 1. The lowest BCUT2D eigenvalue weighted by Crippen LogP contribution is -2.30. The molecule has 0 radical (unpaired) electrons. The summed E-state index contributed by atoms with van der Waals surface area (Å²) in [5, 5.41) is 0.328. The van der Waals surface area contributed by atoms with Gasteiger partial charge < -0.3 is 9.47 Å². The molecule has 0 aromatic heterocycles. The van der Waals surface area contributed by atoms with Crippen LogP contribution in [0, 0.1) is 5.82 Å². The average Bonchev–Trinajstić information content (AvgIpc) is 3.17. The number of amides is 1. The number of ether oxygens (including phenoxy) is 2. The number of hydrogen-bond acceptors (Lipinski definition) is 6. The van der Waals surface area contributed by atoms with Crippen LogP contribution < -0.4 is 14.4 Å². The van der Waals surface area contributed by atoms with Crippen LogP contribution in [-0.2, 0) is 4.79 Å². The van der Waals surface area contributed by atoms with E-state index in [-0.39, 0.29) is 23.1 Å². The summed E-state index contributed by atoms with van der Waals surface area (Å²) >= 11 is 1.12. The molecule has 3 aromatic carbocycles. The lowest BCUT2D eigenvalue weighted by molar-refractivity contribution is -0.113. The maximum Gasteiger partial charge on any atom is 0.283 e. The monoisotopic (exact) mass is 476 g/mol. The van der Waals surface area contributed by atoms with Crippen LogP contribution >= 0.6 is 11.8 Å². The molecule has 8 heteroatoms. The number of ketones is 1. The van der Waals surface area contributed by atoms with E-state index in [9.17, 15) is 14.0 Å². The van der Waals surface area contributed by atoms with E-state index < -0.39 is 5.82 Å². The predicted molar refractivity (Wildman–Crippen MR) is 132 cm³/mol. The first kappa shape index (κ1) is 23.3. The van der Waals surface area contributed by atoms with Gasteiger partial charge in [0.1, 0.15) is 23.0 Å². The second kappa shape index (κ2) is 10.4. The molecule has 0 saturated heterocycles. The van der Waals surface area contributed by atoms with Crippen LogP contribution in [0.15, 0.2) is 83.5 Å². The van der Waals surface area contributed by atoms with Crippen LogP contribution in [0.4, 0.5) is 10.1 Å². The average molecular weight is 477 g/mol. The topological polar surface area (TPSA) is 68.2 Å². The van der Waals surface area contributed by atoms with Crippen LogP contribution in [0.5, 0.6) is 11.5 Å². The standard InChI is InChI=1S/C26H21FN2O4S/c1-32-20-12-13-24(33-2)21(15-20)23(30)16-34-26-28-22(14-17-6-4-3-5-7-17)25(31)29(26)19-10-8-18(27)9-11-19/h3-15H,16H2,1-2H3/b22-14-. The third-order valence-electron chi connectivity index (χ3n) is 5.06. The Labute approximate surface area is 200 Å². The molecule has 0 saturated carbocycles. The van der Waals surface area contributed by atoms with E-state index in [0.29, 0.717) is 27.9 Å². The molecule has 0 spiro atoms. The van der Waals surface area contributed by atoms with Gasteiger partial charge in [0.05, 0.1) is 31.2 Å². The second-order valence-corrected chi connectivity index (χ2v) is 8.17. The number of Topliss-reactive ketones (excluding diaryl/α,β-unsaturated/α-hetero) is 1. The number of benzene rings is 3. The number of amidine groups is 1. The van der Waals surface area contributed by atoms with Crippen LogP contribution in [0.1, 0.15) is 15.9 Å². The molecule has 0 N–H and O–H groups in total. The van der Waals surface area contributed by atoms with E-state index in [4.69, 9.17) is 9.47 Å². The van der Waals surface area contributed by atoms with Crippen molar-refractivity contribution in [2.45, 2.75) is 0 Å². The summed E-state index contributed by atoms with van der Waals surface area (Å²) in [7, 11) is 3.01. The zero-order chi connectivity index (χ0) is 24.1. The molecule has 1 aliphatic rings. The van der Waals surface area contributed by atoms with Crippen molar-refractivity contribution in [1.82, 2.24) is 0 Å². The fourth-order valence-corrected chi connectivity index (χ4v) is 4.25. The molecule has 0 bridgehead atoms. The third kappa shape index (κ3) is 5.02. The molecular weight excluding hydrogens is 455 g/mol. The Bertz CT molecular complexity index is 1270. The summed E-state index contributed by atoms with van der Waals surface area (Å²) in [5.41, 5.74) is 1.87. The number of aliphatic imine (C=N–C) groups is 1. The maximum atomic E-state index is 13.5. The van der Waals surface area contributed by atoms with Gasteiger partial charge in [0.2, 0.25) is 0 Å². The summed E-state index contributed by atoms with van der Waals surface area (Å²) < 4.78 is 24.0. The van der Waals surface area contributed by atoms with Crippen LogP contribution in [0.2, 0.25) is 0 Å². The van der Waals surface area contributed by atoms with Crippen LogP contribution in [0.25, 0.3) is 6.08 Å². The molecule has 1 heterocycles. The normalized spacial score (nSPS) is 14.3. The number of hydrogen-bond donors (Lipinski definition) is 0. The van der Waals surface area contributed by atoms with Crippen molar-refractivity contribution in [3.8, 4) is 11.5 Å². The Morgan fingerprint density at radius 2 is 1.76 bits per heavy atom. The van der Waals surface area contributed by atoms with Gasteiger partial charge in [-0.15, -0.1) is 0 Å². The largest absolute Gasteiger partial charge is 0.497 e. The van der Waals surface area contributed by atoms with Gasteiger partial charge in [-0.1, -0.05) is 42.1 Å². The first-order valence-corrected chi connectivity index (χ1v) is 11.3. The maximum absolute atomic E-state index is 13.5. The summed E-state index contributed by atoms with van der Waals surface area (Å²) in [5.74, 6) is -0.0208. The summed E-state index contributed by atoms with van der Waals surface area (Å²) in [6.07, 6.45) is 1.68. The molecule has 0 unspecified atom stereocenters. The van der Waals surface area contributed by atoms with Crippen molar-refractivity contribution in [1.29, 1.82) is 0 Å². The molecule has 0 aliphatic carbocycles. The van der Waals surface area contributed by atoms with Crippen LogP contribution in [0.3, 0.4) is 0 Å². The molecule has 0 fully saturated rings. The number of thioether (sulfide) groups is 1. The highest BCUT2D eigenvalue weighted by atomic mass is 32.2. The zero-order valence-corrected chi connectivity index (χ0v) is 19.3. The fourth-order valence-electron chi connectivity index (χ4n) is 3.36. The van der Waals surface area contributed by atoms with Gasteiger partial charge in [0, 0.05) is 0 Å². The summed E-state index contributed by atoms with van der Waals surface area (Å²) in [4.78, 5) is 32.1. The number of nitrogens with zero attached hydrogens (tertiary/aromatic N) is 2. The Kier molecular flexibility index (Phi) is 7.08. The lowest BCUT2D eigenvalue weighted by Gasteiger charge is -2.17. The van der Waals surface area contributed by atoms with Crippen molar-refractivity contribution >= 4 is 40.4 Å². The number of rotatable bonds is 7. The number of carbonyl (C=O) groups excluding carboxylic acids is 2. The minimum atomic E-state index is -0.415. The zero-order valence-electron chi connectivity index (χ0n) is 18.5. The number of methoxy groups -OCH3 is 2. The van der Waals surface area contributed by atoms with Crippen molar-refractivity contribution in [3.05, 3.63) is 95.4 Å². The van der Waals surface area contributed by atoms with E-state index in [1.165, 1.54) is 43.4 Å². The molecule has 6 nitrogen and oxygen atoms in total. The van der Waals surface area contributed by atoms with E-state index in [2.05, 4.69) is 4.99 Å². The minimum absolute atomic E-state index is 0.00591. The molecule has 3 aromatic rings.